The Morgan fingerprint density at radius 3 is 2.60 bits per heavy atom. The highest BCUT2D eigenvalue weighted by Crippen LogP contribution is 2.35. The summed E-state index contributed by atoms with van der Waals surface area (Å²) >= 11 is 0. The van der Waals surface area contributed by atoms with Crippen LogP contribution in [0.15, 0.2) is 67.1 Å². The van der Waals surface area contributed by atoms with Crippen LogP contribution in [0, 0.1) is 6.57 Å². The van der Waals surface area contributed by atoms with Gasteiger partial charge in [-0.1, -0.05) is 39.0 Å². The van der Waals surface area contributed by atoms with Crippen LogP contribution < -0.4 is 10.1 Å². The van der Waals surface area contributed by atoms with Crippen LogP contribution in [-0.4, -0.2) is 47.1 Å². The van der Waals surface area contributed by atoms with Crippen molar-refractivity contribution >= 4 is 39.7 Å². The highest BCUT2D eigenvalue weighted by molar-refractivity contribution is 5.93. The molecule has 0 unspecified atom stereocenters. The molecular weight excluding hydrogens is 542 g/mol. The van der Waals surface area contributed by atoms with E-state index in [2.05, 4.69) is 51.6 Å². The molecule has 7 rings (SSSR count). The molecule has 0 saturated carbocycles. The highest BCUT2D eigenvalue weighted by atomic mass is 16.5. The Hall–Kier alpha value is -5.21. The molecule has 0 aliphatic carbocycles. The summed E-state index contributed by atoms with van der Waals surface area (Å²) in [6.07, 6.45) is 6.05. The second-order valence-corrected chi connectivity index (χ2v) is 11.7. The summed E-state index contributed by atoms with van der Waals surface area (Å²) < 4.78 is 17.8. The third-order valence-corrected chi connectivity index (χ3v) is 7.70. The molecule has 6 heterocycles. The summed E-state index contributed by atoms with van der Waals surface area (Å²) in [6, 6.07) is 15.9. The van der Waals surface area contributed by atoms with Crippen LogP contribution in [0.4, 0.5) is 17.5 Å². The molecule has 1 N–H and O–H groups in total. The van der Waals surface area contributed by atoms with E-state index in [1.54, 1.807) is 18.6 Å². The average Bonchev–Trinajstić information content (AvgIpc) is 3.80. The molecule has 5 aromatic heterocycles. The molecular formula is C32H31N9O2. The third kappa shape index (κ3) is 4.85. The number of rotatable bonds is 6. The zero-order chi connectivity index (χ0) is 29.7. The second kappa shape index (κ2) is 10.3. The predicted molar refractivity (Wildman–Crippen MR) is 165 cm³/mol. The van der Waals surface area contributed by atoms with E-state index in [4.69, 9.17) is 26.1 Å². The smallest absolute Gasteiger partial charge is 0.214 e. The molecule has 1 atom stereocenters. The van der Waals surface area contributed by atoms with Gasteiger partial charge >= 0.3 is 0 Å². The van der Waals surface area contributed by atoms with Crippen LogP contribution in [0.25, 0.3) is 32.7 Å². The summed E-state index contributed by atoms with van der Waals surface area (Å²) in [7, 11) is 1.93. The van der Waals surface area contributed by atoms with Crippen LogP contribution in [0.1, 0.15) is 38.9 Å². The molecule has 1 fully saturated rings. The maximum absolute atomic E-state index is 7.68. The van der Waals surface area contributed by atoms with Crippen molar-refractivity contribution in [3.05, 3.63) is 84.2 Å². The number of anilines is 2. The van der Waals surface area contributed by atoms with E-state index in [0.29, 0.717) is 41.0 Å². The molecule has 43 heavy (non-hydrogen) atoms. The summed E-state index contributed by atoms with van der Waals surface area (Å²) in [5.41, 5.74) is 4.58. The van der Waals surface area contributed by atoms with Crippen molar-refractivity contribution in [2.75, 3.05) is 18.5 Å². The zero-order valence-electron chi connectivity index (χ0n) is 24.4. The number of hydrogen-bond acceptors (Lipinski definition) is 7. The Morgan fingerprint density at radius 2 is 1.86 bits per heavy atom. The van der Waals surface area contributed by atoms with E-state index in [-0.39, 0.29) is 11.5 Å². The molecule has 216 valence electrons. The van der Waals surface area contributed by atoms with Crippen molar-refractivity contribution in [2.45, 2.75) is 38.6 Å². The van der Waals surface area contributed by atoms with Crippen LogP contribution in [-0.2, 0) is 17.2 Å². The second-order valence-electron chi connectivity index (χ2n) is 11.7. The van der Waals surface area contributed by atoms with Gasteiger partial charge in [-0.2, -0.15) is 10.1 Å². The van der Waals surface area contributed by atoms with Gasteiger partial charge < -0.3 is 23.9 Å². The molecule has 1 aliphatic heterocycles. The molecule has 0 spiro atoms. The molecule has 1 aromatic carbocycles. The number of nitrogens with one attached hydrogen (secondary N) is 1. The number of benzene rings is 1. The SMILES string of the molecule is [C-]#[N+]c1cn(-c2ccccc2)c2ncc(Oc3cnc4nc(Nc5cc(C(C)(C)C)n([C@@H]6CCOC6)n5)n(C)c4c3)cc12. The van der Waals surface area contributed by atoms with E-state index >= 15 is 0 Å². The van der Waals surface area contributed by atoms with E-state index in [1.807, 2.05) is 58.6 Å². The number of pyridine rings is 2. The van der Waals surface area contributed by atoms with Crippen molar-refractivity contribution < 1.29 is 9.47 Å². The number of imidazole rings is 1. The molecule has 1 saturated heterocycles. The summed E-state index contributed by atoms with van der Waals surface area (Å²) in [4.78, 5) is 17.6. The van der Waals surface area contributed by atoms with Gasteiger partial charge in [0.25, 0.3) is 0 Å². The van der Waals surface area contributed by atoms with Gasteiger partial charge in [-0.15, -0.1) is 0 Å². The van der Waals surface area contributed by atoms with Crippen molar-refractivity contribution in [3.63, 3.8) is 0 Å². The summed E-state index contributed by atoms with van der Waals surface area (Å²) in [6.45, 7) is 15.7. The topological polar surface area (TPSA) is 101 Å². The van der Waals surface area contributed by atoms with Gasteiger partial charge in [-0.3, -0.25) is 4.68 Å². The Kier molecular flexibility index (Phi) is 6.36. The van der Waals surface area contributed by atoms with Gasteiger partial charge in [-0.25, -0.2) is 14.8 Å². The van der Waals surface area contributed by atoms with Gasteiger partial charge in [0.1, 0.15) is 17.1 Å². The Morgan fingerprint density at radius 1 is 1.07 bits per heavy atom. The third-order valence-electron chi connectivity index (χ3n) is 7.70. The monoisotopic (exact) mass is 573 g/mol. The van der Waals surface area contributed by atoms with Crippen LogP contribution in [0.3, 0.4) is 0 Å². The molecule has 0 radical (unpaired) electrons. The lowest BCUT2D eigenvalue weighted by atomic mass is 9.91. The van der Waals surface area contributed by atoms with Crippen molar-refractivity contribution in [1.29, 1.82) is 0 Å². The van der Waals surface area contributed by atoms with Gasteiger partial charge in [0, 0.05) is 54.2 Å². The molecule has 6 aromatic rings. The van der Waals surface area contributed by atoms with Crippen LogP contribution in [0.5, 0.6) is 11.5 Å². The fraction of sp³-hybridized carbons (Fsp3) is 0.281. The summed E-state index contributed by atoms with van der Waals surface area (Å²) in [5, 5.41) is 9.01. The average molecular weight is 574 g/mol. The van der Waals surface area contributed by atoms with Gasteiger partial charge in [0.2, 0.25) is 11.6 Å². The first-order chi connectivity index (χ1) is 20.8. The van der Waals surface area contributed by atoms with Crippen molar-refractivity contribution in [2.24, 2.45) is 7.05 Å². The normalized spacial score (nSPS) is 15.3. The minimum absolute atomic E-state index is 0.0762. The van der Waals surface area contributed by atoms with Gasteiger partial charge in [0.15, 0.2) is 11.5 Å². The number of fused-ring (bicyclic) bond motifs is 2. The zero-order valence-corrected chi connectivity index (χ0v) is 24.4. The number of hydrogen-bond donors (Lipinski definition) is 1. The number of ether oxygens (including phenoxy) is 2. The minimum Gasteiger partial charge on any atom is -0.454 e. The van der Waals surface area contributed by atoms with Crippen molar-refractivity contribution in [1.82, 2.24) is 33.9 Å². The highest BCUT2D eigenvalue weighted by Gasteiger charge is 2.28. The fourth-order valence-electron chi connectivity index (χ4n) is 5.48. The minimum atomic E-state index is -0.0762. The van der Waals surface area contributed by atoms with Gasteiger partial charge in [0.05, 0.1) is 37.1 Å². The molecule has 0 amide bonds. The quantitative estimate of drug-likeness (QED) is 0.218. The lowest BCUT2D eigenvalue weighted by Crippen LogP contribution is -2.22. The standard InChI is InChI=1S/C32H31N9O2/c1-32(2,3)27-15-28(38-41(27)21-11-12-42-19-21)36-31-37-29-26(39(31)5)14-23(16-34-29)43-22-13-24-25(33-4)18-40(30(24)35-17-22)20-9-7-6-8-10-20/h6-10,13-18,21H,11-12,19H2,1-3,5H3,(H,34,36,37,38)/t21-/m1/s1. The van der Waals surface area contributed by atoms with Crippen molar-refractivity contribution in [3.8, 4) is 17.2 Å². The van der Waals surface area contributed by atoms with Crippen LogP contribution in [0.2, 0.25) is 0 Å². The molecule has 1 aliphatic rings. The van der Waals surface area contributed by atoms with Gasteiger partial charge in [-0.05, 0) is 24.6 Å². The molecule has 11 nitrogen and oxygen atoms in total. The van der Waals surface area contributed by atoms with E-state index in [1.165, 1.54) is 0 Å². The van der Waals surface area contributed by atoms with E-state index in [0.717, 1.165) is 41.1 Å². The first-order valence-corrected chi connectivity index (χ1v) is 14.2. The van der Waals surface area contributed by atoms with Crippen LogP contribution >= 0.6 is 0 Å². The first-order valence-electron chi connectivity index (χ1n) is 14.2. The van der Waals surface area contributed by atoms with E-state index in [9.17, 15) is 0 Å². The maximum atomic E-state index is 7.68. The predicted octanol–water partition coefficient (Wildman–Crippen LogP) is 6.85. The molecule has 11 heteroatoms. The fourth-order valence-corrected chi connectivity index (χ4v) is 5.48. The number of para-hydroxylation sites is 1. The Labute approximate surface area is 248 Å². The maximum Gasteiger partial charge on any atom is 0.214 e. The summed E-state index contributed by atoms with van der Waals surface area (Å²) in [5.74, 6) is 2.40. The van der Waals surface area contributed by atoms with E-state index < -0.39 is 0 Å². The number of aryl methyl sites for hydroxylation is 1. The lowest BCUT2D eigenvalue weighted by molar-refractivity contribution is 0.183. The first kappa shape index (κ1) is 26.7. The Balaban J connectivity index is 1.17. The number of nitrogens with zero attached hydrogens (tertiary/aromatic N) is 8. The lowest BCUT2D eigenvalue weighted by Gasteiger charge is -2.22. The Bertz CT molecular complexity index is 2000. The molecule has 0 bridgehead atoms. The number of aromatic nitrogens is 7. The largest absolute Gasteiger partial charge is 0.454 e.